The van der Waals surface area contributed by atoms with E-state index >= 15 is 0 Å². The highest BCUT2D eigenvalue weighted by Gasteiger charge is 2.25. The smallest absolute Gasteiger partial charge is 0.248 e. The van der Waals surface area contributed by atoms with E-state index in [1.165, 1.54) is 5.56 Å². The number of tetrazole rings is 1. The summed E-state index contributed by atoms with van der Waals surface area (Å²) in [5.74, 6) is 2.02. The highest BCUT2D eigenvalue weighted by atomic mass is 16.5. The van der Waals surface area contributed by atoms with E-state index in [2.05, 4.69) is 58.1 Å². The van der Waals surface area contributed by atoms with Crippen LogP contribution in [0.1, 0.15) is 36.6 Å². The van der Waals surface area contributed by atoms with Gasteiger partial charge in [0.15, 0.2) is 11.5 Å². The van der Waals surface area contributed by atoms with Gasteiger partial charge < -0.3 is 14.8 Å². The number of methoxy groups -OCH3 is 1. The van der Waals surface area contributed by atoms with Gasteiger partial charge in [-0.25, -0.2) is 0 Å². The molecule has 0 unspecified atom stereocenters. The van der Waals surface area contributed by atoms with Gasteiger partial charge in [0.1, 0.15) is 6.04 Å². The van der Waals surface area contributed by atoms with Crippen molar-refractivity contribution in [2.24, 2.45) is 0 Å². The predicted molar refractivity (Wildman–Crippen MR) is 108 cm³/mol. The maximum Gasteiger partial charge on any atom is 0.248 e. The lowest BCUT2D eigenvalue weighted by molar-refractivity contribution is 0.310. The number of nitrogens with one attached hydrogen (secondary N) is 1. The largest absolute Gasteiger partial charge is 0.493 e. The minimum Gasteiger partial charge on any atom is -0.493 e. The van der Waals surface area contributed by atoms with Gasteiger partial charge in [0.05, 0.1) is 13.7 Å². The van der Waals surface area contributed by atoms with Crippen LogP contribution in [0.25, 0.3) is 5.70 Å². The second kappa shape index (κ2) is 7.72. The van der Waals surface area contributed by atoms with Crippen molar-refractivity contribution >= 4 is 11.6 Å². The molecule has 1 aliphatic rings. The van der Waals surface area contributed by atoms with E-state index in [9.17, 15) is 0 Å². The summed E-state index contributed by atoms with van der Waals surface area (Å²) in [5, 5.41) is 15.4. The number of anilines is 1. The van der Waals surface area contributed by atoms with Gasteiger partial charge in [0.25, 0.3) is 0 Å². The first-order chi connectivity index (χ1) is 13.7. The molecule has 7 nitrogen and oxygen atoms in total. The van der Waals surface area contributed by atoms with Gasteiger partial charge in [-0.15, -0.1) is 0 Å². The Balaban J connectivity index is 1.75. The van der Waals surface area contributed by atoms with Crippen LogP contribution in [0.4, 0.5) is 5.95 Å². The van der Waals surface area contributed by atoms with Gasteiger partial charge in [0, 0.05) is 5.70 Å². The first-order valence-electron chi connectivity index (χ1n) is 9.40. The lowest BCUT2D eigenvalue weighted by Crippen LogP contribution is -2.20. The van der Waals surface area contributed by atoms with E-state index in [0.717, 1.165) is 29.0 Å². The van der Waals surface area contributed by atoms with Crippen molar-refractivity contribution in [2.45, 2.75) is 26.3 Å². The maximum absolute atomic E-state index is 5.64. The van der Waals surface area contributed by atoms with Crippen LogP contribution in [0.3, 0.4) is 0 Å². The van der Waals surface area contributed by atoms with E-state index in [0.29, 0.717) is 18.3 Å². The zero-order valence-electron chi connectivity index (χ0n) is 16.2. The molecule has 3 aromatic rings. The van der Waals surface area contributed by atoms with Crippen molar-refractivity contribution in [3.8, 4) is 11.5 Å². The third-order valence-corrected chi connectivity index (χ3v) is 4.83. The highest BCUT2D eigenvalue weighted by molar-refractivity contribution is 5.77. The normalized spacial score (nSPS) is 15.4. The Kier molecular flexibility index (Phi) is 4.97. The SMILES string of the molecule is CCOc1ccc([C@H]2C=C(c3ccc(CC)cc3)Nc3nnnn32)cc1OC. The molecule has 0 saturated carbocycles. The van der Waals surface area contributed by atoms with Crippen molar-refractivity contribution in [3.05, 3.63) is 65.2 Å². The minimum atomic E-state index is -0.156. The average molecular weight is 377 g/mol. The molecule has 4 rings (SSSR count). The number of ether oxygens (including phenoxy) is 2. The average Bonchev–Trinajstić information content (AvgIpc) is 3.22. The van der Waals surface area contributed by atoms with Gasteiger partial charge in [-0.1, -0.05) is 42.4 Å². The monoisotopic (exact) mass is 377 g/mol. The Hall–Kier alpha value is -3.35. The molecule has 144 valence electrons. The van der Waals surface area contributed by atoms with Crippen LogP contribution in [0, 0.1) is 0 Å². The summed E-state index contributed by atoms with van der Waals surface area (Å²) in [5.41, 5.74) is 4.38. The van der Waals surface area contributed by atoms with Crippen LogP contribution in [0.2, 0.25) is 0 Å². The van der Waals surface area contributed by atoms with Crippen molar-refractivity contribution < 1.29 is 9.47 Å². The molecular weight excluding hydrogens is 354 g/mol. The summed E-state index contributed by atoms with van der Waals surface area (Å²) in [6.07, 6.45) is 3.14. The molecule has 1 aromatic heterocycles. The predicted octanol–water partition coefficient (Wildman–Crippen LogP) is 3.70. The number of nitrogens with zero attached hydrogens (tertiary/aromatic N) is 4. The van der Waals surface area contributed by atoms with E-state index in [-0.39, 0.29) is 6.04 Å². The summed E-state index contributed by atoms with van der Waals surface area (Å²) in [4.78, 5) is 0. The molecule has 1 atom stereocenters. The second-order valence-electron chi connectivity index (χ2n) is 6.49. The Bertz CT molecular complexity index is 994. The Morgan fingerprint density at radius 2 is 1.89 bits per heavy atom. The number of rotatable bonds is 6. The zero-order chi connectivity index (χ0) is 19.5. The van der Waals surface area contributed by atoms with Crippen LogP contribution in [-0.2, 0) is 6.42 Å². The Morgan fingerprint density at radius 3 is 2.61 bits per heavy atom. The molecule has 7 heteroatoms. The van der Waals surface area contributed by atoms with Crippen molar-refractivity contribution in [2.75, 3.05) is 19.0 Å². The number of hydrogen-bond acceptors (Lipinski definition) is 6. The number of allylic oxidation sites excluding steroid dienone is 1. The van der Waals surface area contributed by atoms with E-state index < -0.39 is 0 Å². The van der Waals surface area contributed by atoms with Crippen molar-refractivity contribution in [1.29, 1.82) is 0 Å². The fourth-order valence-corrected chi connectivity index (χ4v) is 3.32. The molecule has 0 bridgehead atoms. The lowest BCUT2D eigenvalue weighted by Gasteiger charge is -2.24. The molecule has 2 aromatic carbocycles. The quantitative estimate of drug-likeness (QED) is 0.706. The molecule has 1 aliphatic heterocycles. The molecular formula is C21H23N5O2. The molecule has 28 heavy (non-hydrogen) atoms. The molecule has 0 amide bonds. The third kappa shape index (κ3) is 3.31. The standard InChI is InChI=1S/C21H23N5O2/c1-4-14-6-8-15(9-7-14)17-13-18(26-21(22-17)23-24-25-26)16-10-11-19(28-5-2)20(12-16)27-3/h6-13,18H,4-5H2,1-3H3,(H,22,23,25)/t18-/m1/s1. The number of benzene rings is 2. The van der Waals surface area contributed by atoms with Gasteiger partial charge in [-0.05, 0) is 58.7 Å². The summed E-state index contributed by atoms with van der Waals surface area (Å²) in [7, 11) is 1.64. The maximum atomic E-state index is 5.64. The van der Waals surface area contributed by atoms with Crippen LogP contribution in [-0.4, -0.2) is 33.9 Å². The van der Waals surface area contributed by atoms with Gasteiger partial charge >= 0.3 is 0 Å². The Morgan fingerprint density at radius 1 is 1.07 bits per heavy atom. The molecule has 0 saturated heterocycles. The van der Waals surface area contributed by atoms with Gasteiger partial charge in [-0.3, -0.25) is 0 Å². The molecule has 0 aliphatic carbocycles. The van der Waals surface area contributed by atoms with Crippen LogP contribution >= 0.6 is 0 Å². The fraction of sp³-hybridized carbons (Fsp3) is 0.286. The fourth-order valence-electron chi connectivity index (χ4n) is 3.32. The second-order valence-corrected chi connectivity index (χ2v) is 6.49. The number of hydrogen-bond donors (Lipinski definition) is 1. The number of aryl methyl sites for hydroxylation is 1. The van der Waals surface area contributed by atoms with Crippen LogP contribution < -0.4 is 14.8 Å². The molecule has 0 spiro atoms. The molecule has 1 N–H and O–H groups in total. The summed E-state index contributed by atoms with van der Waals surface area (Å²) in [6.45, 7) is 4.68. The first-order valence-corrected chi connectivity index (χ1v) is 9.40. The first kappa shape index (κ1) is 18.0. The third-order valence-electron chi connectivity index (χ3n) is 4.83. The number of fused-ring (bicyclic) bond motifs is 1. The Labute approximate surface area is 164 Å². The van der Waals surface area contributed by atoms with E-state index in [1.807, 2.05) is 25.1 Å². The van der Waals surface area contributed by atoms with Gasteiger partial charge in [0.2, 0.25) is 5.95 Å². The zero-order valence-corrected chi connectivity index (χ0v) is 16.2. The minimum absolute atomic E-state index is 0.156. The molecule has 0 radical (unpaired) electrons. The van der Waals surface area contributed by atoms with E-state index in [4.69, 9.17) is 9.47 Å². The van der Waals surface area contributed by atoms with Gasteiger partial charge in [-0.2, -0.15) is 4.68 Å². The van der Waals surface area contributed by atoms with Crippen molar-refractivity contribution in [1.82, 2.24) is 20.2 Å². The summed E-state index contributed by atoms with van der Waals surface area (Å²) in [6, 6.07) is 14.3. The molecule has 0 fully saturated rings. The van der Waals surface area contributed by atoms with Crippen LogP contribution in [0.15, 0.2) is 48.5 Å². The molecule has 2 heterocycles. The topological polar surface area (TPSA) is 74.1 Å². The van der Waals surface area contributed by atoms with Crippen LogP contribution in [0.5, 0.6) is 11.5 Å². The lowest BCUT2D eigenvalue weighted by atomic mass is 10.0. The summed E-state index contributed by atoms with van der Waals surface area (Å²) >= 11 is 0. The highest BCUT2D eigenvalue weighted by Crippen LogP contribution is 2.36. The van der Waals surface area contributed by atoms with Crippen molar-refractivity contribution in [3.63, 3.8) is 0 Å². The van der Waals surface area contributed by atoms with E-state index in [1.54, 1.807) is 11.8 Å². The number of aromatic nitrogens is 4. The summed E-state index contributed by atoms with van der Waals surface area (Å²) < 4.78 is 12.9.